The second kappa shape index (κ2) is 7.93. The number of aryl methyl sites for hydroxylation is 2. The number of imidazole rings is 1. The second-order valence-corrected chi connectivity index (χ2v) is 6.64. The first-order valence-electron chi connectivity index (χ1n) is 9.05. The number of nitrogens with zero attached hydrogens (tertiary/aromatic N) is 4. The number of carbonyl (C=O) groups is 1. The van der Waals surface area contributed by atoms with E-state index in [-0.39, 0.29) is 5.91 Å². The van der Waals surface area contributed by atoms with E-state index in [1.165, 1.54) is 6.33 Å². The van der Waals surface area contributed by atoms with Gasteiger partial charge in [0.15, 0.2) is 0 Å². The van der Waals surface area contributed by atoms with Crippen LogP contribution in [0.3, 0.4) is 0 Å². The van der Waals surface area contributed by atoms with Gasteiger partial charge in [-0.15, -0.1) is 0 Å². The molecule has 0 aliphatic carbocycles. The van der Waals surface area contributed by atoms with Gasteiger partial charge in [0, 0.05) is 29.7 Å². The largest absolute Gasteiger partial charge is 0.439 e. The van der Waals surface area contributed by atoms with Crippen molar-refractivity contribution in [3.05, 3.63) is 90.3 Å². The molecule has 0 fully saturated rings. The molecular weight excluding hydrogens is 366 g/mol. The van der Waals surface area contributed by atoms with Crippen molar-refractivity contribution < 1.29 is 9.53 Å². The Hall–Kier alpha value is -4.00. The molecular formula is C22H19N5O2. The first kappa shape index (κ1) is 18.4. The van der Waals surface area contributed by atoms with Crippen LogP contribution < -0.4 is 10.1 Å². The highest BCUT2D eigenvalue weighted by molar-refractivity contribution is 6.04. The molecule has 29 heavy (non-hydrogen) atoms. The number of aromatic nitrogens is 4. The van der Waals surface area contributed by atoms with Crippen LogP contribution in [0.2, 0.25) is 0 Å². The molecule has 0 saturated carbocycles. The lowest BCUT2D eigenvalue weighted by Gasteiger charge is -2.09. The molecule has 0 bridgehead atoms. The average Bonchev–Trinajstić information content (AvgIpc) is 3.24. The van der Waals surface area contributed by atoms with E-state index in [9.17, 15) is 4.79 Å². The molecule has 0 aliphatic rings. The first-order valence-corrected chi connectivity index (χ1v) is 9.05. The normalized spacial score (nSPS) is 10.6. The van der Waals surface area contributed by atoms with Crippen molar-refractivity contribution in [3.8, 4) is 17.4 Å². The lowest BCUT2D eigenvalue weighted by atomic mass is 10.1. The van der Waals surface area contributed by atoms with E-state index in [0.717, 1.165) is 11.1 Å². The van der Waals surface area contributed by atoms with Gasteiger partial charge < -0.3 is 10.1 Å². The molecule has 0 saturated heterocycles. The third kappa shape index (κ3) is 4.47. The molecule has 144 valence electrons. The average molecular weight is 385 g/mol. The predicted molar refractivity (Wildman–Crippen MR) is 110 cm³/mol. The van der Waals surface area contributed by atoms with E-state index in [1.807, 2.05) is 32.0 Å². The van der Waals surface area contributed by atoms with Crippen LogP contribution in [0.1, 0.15) is 21.5 Å². The van der Waals surface area contributed by atoms with Crippen LogP contribution in [-0.4, -0.2) is 25.4 Å². The molecule has 0 aliphatic heterocycles. The summed E-state index contributed by atoms with van der Waals surface area (Å²) in [6, 6.07) is 14.6. The van der Waals surface area contributed by atoms with Gasteiger partial charge in [0.1, 0.15) is 24.2 Å². The molecule has 2 heterocycles. The molecule has 2 aromatic heterocycles. The van der Waals surface area contributed by atoms with Crippen molar-refractivity contribution in [2.45, 2.75) is 13.8 Å². The highest BCUT2D eigenvalue weighted by atomic mass is 16.5. The Kier molecular flexibility index (Phi) is 5.03. The molecule has 0 spiro atoms. The number of rotatable bonds is 5. The number of hydrogen-bond acceptors (Lipinski definition) is 5. The van der Waals surface area contributed by atoms with Crippen LogP contribution >= 0.6 is 0 Å². The maximum atomic E-state index is 12.5. The van der Waals surface area contributed by atoms with E-state index < -0.39 is 0 Å². The van der Waals surface area contributed by atoms with Gasteiger partial charge in [0.2, 0.25) is 5.88 Å². The summed E-state index contributed by atoms with van der Waals surface area (Å²) >= 11 is 0. The van der Waals surface area contributed by atoms with E-state index >= 15 is 0 Å². The summed E-state index contributed by atoms with van der Waals surface area (Å²) in [4.78, 5) is 24.8. The minimum atomic E-state index is -0.147. The van der Waals surface area contributed by atoms with Crippen molar-refractivity contribution in [2.24, 2.45) is 0 Å². The topological polar surface area (TPSA) is 81.9 Å². The monoisotopic (exact) mass is 385 g/mol. The molecule has 0 atom stereocenters. The summed E-state index contributed by atoms with van der Waals surface area (Å²) in [6.45, 7) is 3.95. The fourth-order valence-electron chi connectivity index (χ4n) is 2.96. The standard InChI is InChI=1S/C22H19N5O2/c1-15-9-16(2)11-17(10-15)22(28)26-18-3-5-19(6-4-18)29-21-12-20(24-13-25-21)27-8-7-23-14-27/h3-14H,1-2H3,(H,26,28). The van der Waals surface area contributed by atoms with Crippen molar-refractivity contribution in [1.82, 2.24) is 19.5 Å². The Balaban J connectivity index is 1.44. The molecule has 7 nitrogen and oxygen atoms in total. The van der Waals surface area contributed by atoms with Gasteiger partial charge in [-0.25, -0.2) is 15.0 Å². The van der Waals surface area contributed by atoms with Crippen LogP contribution in [0, 0.1) is 13.8 Å². The number of ether oxygens (including phenoxy) is 1. The Bertz CT molecular complexity index is 1120. The van der Waals surface area contributed by atoms with Gasteiger partial charge in [0.25, 0.3) is 5.91 Å². The zero-order valence-corrected chi connectivity index (χ0v) is 16.0. The predicted octanol–water partition coefficient (Wildman–Crippen LogP) is 4.32. The number of anilines is 1. The maximum absolute atomic E-state index is 12.5. The highest BCUT2D eigenvalue weighted by Gasteiger charge is 2.08. The van der Waals surface area contributed by atoms with Crippen LogP contribution in [0.4, 0.5) is 5.69 Å². The van der Waals surface area contributed by atoms with Crippen molar-refractivity contribution in [2.75, 3.05) is 5.32 Å². The summed E-state index contributed by atoms with van der Waals surface area (Å²) < 4.78 is 7.56. The smallest absolute Gasteiger partial charge is 0.255 e. The molecule has 7 heteroatoms. The van der Waals surface area contributed by atoms with Gasteiger partial charge in [-0.3, -0.25) is 9.36 Å². The van der Waals surface area contributed by atoms with Crippen LogP contribution in [0.5, 0.6) is 11.6 Å². The van der Waals surface area contributed by atoms with Crippen molar-refractivity contribution in [3.63, 3.8) is 0 Å². The number of carbonyl (C=O) groups excluding carboxylic acids is 1. The van der Waals surface area contributed by atoms with E-state index in [2.05, 4.69) is 20.3 Å². The third-order valence-electron chi connectivity index (χ3n) is 4.21. The van der Waals surface area contributed by atoms with Crippen LogP contribution in [0.25, 0.3) is 5.82 Å². The lowest BCUT2D eigenvalue weighted by molar-refractivity contribution is 0.102. The maximum Gasteiger partial charge on any atom is 0.255 e. The fourth-order valence-corrected chi connectivity index (χ4v) is 2.96. The molecule has 4 rings (SSSR count). The number of amides is 1. The van der Waals surface area contributed by atoms with Gasteiger partial charge >= 0.3 is 0 Å². The summed E-state index contributed by atoms with van der Waals surface area (Å²) in [6.07, 6.45) is 6.55. The zero-order valence-electron chi connectivity index (χ0n) is 16.0. The molecule has 1 N–H and O–H groups in total. The summed E-state index contributed by atoms with van der Waals surface area (Å²) in [5, 5.41) is 2.90. The van der Waals surface area contributed by atoms with Crippen LogP contribution in [-0.2, 0) is 0 Å². The first-order chi connectivity index (χ1) is 14.1. The van der Waals surface area contributed by atoms with Gasteiger partial charge in [-0.1, -0.05) is 17.2 Å². The Morgan fingerprint density at radius 3 is 2.45 bits per heavy atom. The molecule has 4 aromatic rings. The highest BCUT2D eigenvalue weighted by Crippen LogP contribution is 2.23. The van der Waals surface area contributed by atoms with Gasteiger partial charge in [0.05, 0.1) is 0 Å². The fraction of sp³-hybridized carbons (Fsp3) is 0.0909. The van der Waals surface area contributed by atoms with Gasteiger partial charge in [-0.05, 0) is 50.2 Å². The molecule has 1 amide bonds. The zero-order chi connectivity index (χ0) is 20.2. The Morgan fingerprint density at radius 1 is 1.00 bits per heavy atom. The minimum absolute atomic E-state index is 0.147. The van der Waals surface area contributed by atoms with Crippen LogP contribution in [0.15, 0.2) is 73.6 Å². The van der Waals surface area contributed by atoms with Crippen molar-refractivity contribution >= 4 is 11.6 Å². The van der Waals surface area contributed by atoms with Gasteiger partial charge in [-0.2, -0.15) is 0 Å². The third-order valence-corrected chi connectivity index (χ3v) is 4.21. The number of benzene rings is 2. The lowest BCUT2D eigenvalue weighted by Crippen LogP contribution is -2.12. The van der Waals surface area contributed by atoms with E-state index in [1.54, 1.807) is 53.6 Å². The quantitative estimate of drug-likeness (QED) is 0.553. The molecule has 0 unspecified atom stereocenters. The number of nitrogens with one attached hydrogen (secondary N) is 1. The summed E-state index contributed by atoms with van der Waals surface area (Å²) in [5.41, 5.74) is 3.43. The molecule has 2 aromatic carbocycles. The SMILES string of the molecule is Cc1cc(C)cc(C(=O)Nc2ccc(Oc3cc(-n4ccnc4)ncn3)cc2)c1. The summed E-state index contributed by atoms with van der Waals surface area (Å²) in [7, 11) is 0. The van der Waals surface area contributed by atoms with Crippen molar-refractivity contribution in [1.29, 1.82) is 0 Å². The van der Waals surface area contributed by atoms with E-state index in [4.69, 9.17) is 4.74 Å². The Labute approximate surface area is 168 Å². The Morgan fingerprint density at radius 2 is 1.76 bits per heavy atom. The minimum Gasteiger partial charge on any atom is -0.439 e. The molecule has 0 radical (unpaired) electrons. The second-order valence-electron chi connectivity index (χ2n) is 6.64. The summed E-state index contributed by atoms with van der Waals surface area (Å²) in [5.74, 6) is 1.52. The number of hydrogen-bond donors (Lipinski definition) is 1. The van der Waals surface area contributed by atoms with E-state index in [0.29, 0.717) is 28.7 Å².